The fourth-order valence-corrected chi connectivity index (χ4v) is 2.52. The van der Waals surface area contributed by atoms with Crippen molar-refractivity contribution in [3.05, 3.63) is 0 Å². The molecule has 1 rings (SSSR count). The fraction of sp³-hybridized carbons (Fsp3) is 1.00. The molecule has 0 aromatic carbocycles. The number of hydrogen-bond acceptors (Lipinski definition) is 9. The molecule has 1 unspecified atom stereocenters. The molecule has 194 valence electrons. The number of aliphatic hydroxyl groups is 1. The summed E-state index contributed by atoms with van der Waals surface area (Å²) in [5.74, 6) is 0. The van der Waals surface area contributed by atoms with Gasteiger partial charge in [-0.25, -0.2) is 0 Å². The maximum absolute atomic E-state index is 8.38. The summed E-state index contributed by atoms with van der Waals surface area (Å²) < 4.78 is 42.5. The standard InChI is InChI=1S/C14H28O5.C9H20O4/c1-2-6-15-8-9-16-10-11-17-12-13-19-14-5-3-4-7-18-14;1-2-4-11-6-8-13-9-7-12-5-3-10/h14H,2-13H2,1H3;10H,2-9H2,1H3. The highest BCUT2D eigenvalue weighted by Gasteiger charge is 2.13. The average Bonchev–Trinajstić information content (AvgIpc) is 2.83. The second kappa shape index (κ2) is 28.7. The lowest BCUT2D eigenvalue weighted by Gasteiger charge is -2.22. The first-order chi connectivity index (χ1) is 15.8. The van der Waals surface area contributed by atoms with E-state index in [1.165, 1.54) is 6.42 Å². The van der Waals surface area contributed by atoms with Crippen LogP contribution < -0.4 is 0 Å². The van der Waals surface area contributed by atoms with Crippen molar-refractivity contribution in [3.8, 4) is 0 Å². The monoisotopic (exact) mass is 468 g/mol. The van der Waals surface area contributed by atoms with Crippen LogP contribution in [0, 0.1) is 0 Å². The van der Waals surface area contributed by atoms with Gasteiger partial charge in [0, 0.05) is 19.8 Å². The Bertz CT molecular complexity index is 319. The van der Waals surface area contributed by atoms with Crippen molar-refractivity contribution in [2.24, 2.45) is 0 Å². The number of aliphatic hydroxyl groups excluding tert-OH is 1. The summed E-state index contributed by atoms with van der Waals surface area (Å²) in [7, 11) is 0. The molecule has 0 amide bonds. The maximum atomic E-state index is 8.38. The van der Waals surface area contributed by atoms with Crippen LogP contribution in [-0.2, 0) is 37.9 Å². The number of hydrogen-bond donors (Lipinski definition) is 1. The molecule has 1 aliphatic heterocycles. The van der Waals surface area contributed by atoms with Crippen LogP contribution in [0.4, 0.5) is 0 Å². The van der Waals surface area contributed by atoms with E-state index >= 15 is 0 Å². The lowest BCUT2D eigenvalue weighted by atomic mass is 10.2. The highest BCUT2D eigenvalue weighted by atomic mass is 16.7. The molecule has 9 heteroatoms. The zero-order chi connectivity index (χ0) is 23.4. The Hall–Kier alpha value is -0.360. The van der Waals surface area contributed by atoms with Gasteiger partial charge in [0.25, 0.3) is 0 Å². The van der Waals surface area contributed by atoms with Gasteiger partial charge in [0.15, 0.2) is 6.29 Å². The zero-order valence-electron chi connectivity index (χ0n) is 20.4. The van der Waals surface area contributed by atoms with Crippen molar-refractivity contribution in [3.63, 3.8) is 0 Å². The van der Waals surface area contributed by atoms with E-state index in [9.17, 15) is 0 Å². The number of rotatable bonds is 22. The van der Waals surface area contributed by atoms with Gasteiger partial charge in [-0.3, -0.25) is 0 Å². The summed E-state index contributed by atoms with van der Waals surface area (Å²) in [5.41, 5.74) is 0. The molecule has 0 aromatic heterocycles. The van der Waals surface area contributed by atoms with Crippen LogP contribution in [0.5, 0.6) is 0 Å². The first-order valence-corrected chi connectivity index (χ1v) is 12.2. The lowest BCUT2D eigenvalue weighted by Crippen LogP contribution is -2.24. The molecule has 9 nitrogen and oxygen atoms in total. The van der Waals surface area contributed by atoms with Gasteiger partial charge in [-0.05, 0) is 32.1 Å². The Morgan fingerprint density at radius 2 is 1.03 bits per heavy atom. The van der Waals surface area contributed by atoms with Gasteiger partial charge >= 0.3 is 0 Å². The molecule has 0 aromatic rings. The smallest absolute Gasteiger partial charge is 0.157 e. The molecule has 0 saturated carbocycles. The predicted octanol–water partition coefficient (Wildman–Crippen LogP) is 2.43. The van der Waals surface area contributed by atoms with Gasteiger partial charge in [0.05, 0.1) is 79.3 Å². The molecular formula is C23H48O9. The third-order valence-corrected chi connectivity index (χ3v) is 4.09. The SMILES string of the molecule is CCCOCCOCCOCCO.CCCOCCOCCOCCOC1CCCCO1. The second-order valence-corrected chi connectivity index (χ2v) is 7.06. The molecule has 1 atom stereocenters. The first-order valence-electron chi connectivity index (χ1n) is 12.2. The lowest BCUT2D eigenvalue weighted by molar-refractivity contribution is -0.169. The van der Waals surface area contributed by atoms with Crippen LogP contribution in [0.25, 0.3) is 0 Å². The highest BCUT2D eigenvalue weighted by Crippen LogP contribution is 2.13. The normalized spacial score (nSPS) is 16.0. The molecule has 1 saturated heterocycles. The summed E-state index contributed by atoms with van der Waals surface area (Å²) in [5, 5.41) is 8.38. The van der Waals surface area contributed by atoms with Crippen molar-refractivity contribution in [2.75, 3.05) is 99.1 Å². The Labute approximate surface area is 194 Å². The summed E-state index contributed by atoms with van der Waals surface area (Å²) in [6, 6.07) is 0. The van der Waals surface area contributed by atoms with Gasteiger partial charge in [0.2, 0.25) is 0 Å². The molecule has 0 bridgehead atoms. The maximum Gasteiger partial charge on any atom is 0.157 e. The largest absolute Gasteiger partial charge is 0.394 e. The Morgan fingerprint density at radius 1 is 0.594 bits per heavy atom. The third kappa shape index (κ3) is 25.9. The quantitative estimate of drug-likeness (QED) is 0.240. The average molecular weight is 469 g/mol. The third-order valence-electron chi connectivity index (χ3n) is 4.09. The molecular weight excluding hydrogens is 420 g/mol. The summed E-state index contributed by atoms with van der Waals surface area (Å²) in [6.45, 7) is 13.1. The van der Waals surface area contributed by atoms with E-state index in [-0.39, 0.29) is 12.9 Å². The van der Waals surface area contributed by atoms with Crippen molar-refractivity contribution < 1.29 is 43.0 Å². The summed E-state index contributed by atoms with van der Waals surface area (Å²) in [4.78, 5) is 0. The van der Waals surface area contributed by atoms with Crippen molar-refractivity contribution in [2.45, 2.75) is 52.2 Å². The van der Waals surface area contributed by atoms with Crippen LogP contribution in [0.15, 0.2) is 0 Å². The highest BCUT2D eigenvalue weighted by molar-refractivity contribution is 4.53. The minimum absolute atomic E-state index is 0.0238. The van der Waals surface area contributed by atoms with Crippen LogP contribution >= 0.6 is 0 Å². The predicted molar refractivity (Wildman–Crippen MR) is 122 cm³/mol. The first kappa shape index (κ1) is 31.6. The van der Waals surface area contributed by atoms with Gasteiger partial charge in [0.1, 0.15) is 0 Å². The molecule has 1 aliphatic rings. The molecule has 32 heavy (non-hydrogen) atoms. The topological polar surface area (TPSA) is 94.1 Å². The van der Waals surface area contributed by atoms with E-state index in [4.69, 9.17) is 43.0 Å². The second-order valence-electron chi connectivity index (χ2n) is 7.06. The van der Waals surface area contributed by atoms with Crippen LogP contribution in [-0.4, -0.2) is 110 Å². The Morgan fingerprint density at radius 3 is 1.44 bits per heavy atom. The number of ether oxygens (including phenoxy) is 8. The van der Waals surface area contributed by atoms with Gasteiger partial charge < -0.3 is 43.0 Å². The minimum atomic E-state index is -0.0238. The molecule has 1 N–H and O–H groups in total. The van der Waals surface area contributed by atoms with Crippen molar-refractivity contribution in [1.82, 2.24) is 0 Å². The minimum Gasteiger partial charge on any atom is -0.394 e. The molecule has 0 radical (unpaired) electrons. The zero-order valence-corrected chi connectivity index (χ0v) is 20.4. The van der Waals surface area contributed by atoms with Gasteiger partial charge in [-0.1, -0.05) is 13.8 Å². The summed E-state index contributed by atoms with van der Waals surface area (Å²) >= 11 is 0. The van der Waals surface area contributed by atoms with Gasteiger partial charge in [-0.2, -0.15) is 0 Å². The van der Waals surface area contributed by atoms with E-state index < -0.39 is 0 Å². The molecule has 0 spiro atoms. The van der Waals surface area contributed by atoms with Crippen LogP contribution in [0.2, 0.25) is 0 Å². The Balaban J connectivity index is 0.000000649. The molecule has 1 fully saturated rings. The van der Waals surface area contributed by atoms with E-state index in [0.29, 0.717) is 72.7 Å². The van der Waals surface area contributed by atoms with E-state index in [2.05, 4.69) is 13.8 Å². The van der Waals surface area contributed by atoms with Crippen LogP contribution in [0.1, 0.15) is 46.0 Å². The molecule has 0 aliphatic carbocycles. The van der Waals surface area contributed by atoms with Crippen LogP contribution in [0.3, 0.4) is 0 Å². The van der Waals surface area contributed by atoms with Crippen molar-refractivity contribution >= 4 is 0 Å². The molecule has 1 heterocycles. The fourth-order valence-electron chi connectivity index (χ4n) is 2.52. The van der Waals surface area contributed by atoms with E-state index in [1.54, 1.807) is 0 Å². The Kier molecular flexibility index (Phi) is 28.4. The van der Waals surface area contributed by atoms with E-state index in [1.807, 2.05) is 0 Å². The summed E-state index contributed by atoms with van der Waals surface area (Å²) in [6.07, 6.45) is 5.41. The van der Waals surface area contributed by atoms with Crippen molar-refractivity contribution in [1.29, 1.82) is 0 Å². The van der Waals surface area contributed by atoms with Gasteiger partial charge in [-0.15, -0.1) is 0 Å². The van der Waals surface area contributed by atoms with E-state index in [0.717, 1.165) is 45.5 Å².